The van der Waals surface area contributed by atoms with Crippen molar-refractivity contribution in [3.63, 3.8) is 0 Å². The fourth-order valence-electron chi connectivity index (χ4n) is 3.29. The monoisotopic (exact) mass is 450 g/mol. The normalized spacial score (nSPS) is 12.6. The molecule has 0 heterocycles. The van der Waals surface area contributed by atoms with E-state index < -0.39 is 11.6 Å². The van der Waals surface area contributed by atoms with Crippen LogP contribution in [0.3, 0.4) is 0 Å². The van der Waals surface area contributed by atoms with Crippen LogP contribution in [-0.2, 0) is 25.2 Å². The molecule has 0 fully saturated rings. The number of hydrogen-bond donors (Lipinski definition) is 0. The van der Waals surface area contributed by atoms with Gasteiger partial charge in [-0.05, 0) is 0 Å². The topological polar surface area (TPSA) is 29.5 Å². The second-order valence-corrected chi connectivity index (χ2v) is 9.11. The maximum atomic E-state index is 14.8. The van der Waals surface area contributed by atoms with Gasteiger partial charge in [0.1, 0.15) is 0 Å². The number of anilines is 1. The van der Waals surface area contributed by atoms with Crippen molar-refractivity contribution in [1.29, 1.82) is 0 Å². The maximum absolute atomic E-state index is 14.8. The molecule has 2 aromatic rings. The predicted molar refractivity (Wildman–Crippen MR) is 113 cm³/mol. The van der Waals surface area contributed by atoms with E-state index in [9.17, 15) is 13.6 Å². The van der Waals surface area contributed by atoms with Crippen LogP contribution in [0.1, 0.15) is 56.8 Å². The van der Waals surface area contributed by atoms with Crippen LogP contribution in [0.4, 0.5) is 14.5 Å². The molecule has 0 saturated carbocycles. The summed E-state index contributed by atoms with van der Waals surface area (Å²) in [7, 11) is 1.72. The van der Waals surface area contributed by atoms with Crippen LogP contribution in [-0.4, -0.2) is 25.2 Å². The van der Waals surface area contributed by atoms with E-state index in [2.05, 4.69) is 20.8 Å². The molecule has 1 unspecified atom stereocenters. The first-order valence-electron chi connectivity index (χ1n) is 10.3. The van der Waals surface area contributed by atoms with Crippen LogP contribution in [0.25, 0.3) is 0 Å². The number of carbonyl (C=O) groups is 1. The van der Waals surface area contributed by atoms with Gasteiger partial charge in [0.15, 0.2) is 0 Å². The zero-order valence-electron chi connectivity index (χ0n) is 18.2. The molecule has 0 N–H and O–H groups in total. The summed E-state index contributed by atoms with van der Waals surface area (Å²) in [6.07, 6.45) is 3.68. The molecule has 2 rings (SSSR count). The van der Waals surface area contributed by atoms with Crippen molar-refractivity contribution in [2.45, 2.75) is 52.1 Å². The van der Waals surface area contributed by atoms with Crippen LogP contribution in [0.2, 0.25) is 0 Å². The summed E-state index contributed by atoms with van der Waals surface area (Å²) < 4.78 is 34.0. The van der Waals surface area contributed by atoms with Crippen molar-refractivity contribution < 1.29 is 38.7 Å². The molecule has 0 aliphatic rings. The molecule has 0 aliphatic heterocycles. The average Bonchev–Trinajstić information content (AvgIpc) is 2.73. The first-order chi connectivity index (χ1) is 14.2. The van der Waals surface area contributed by atoms with E-state index in [0.717, 1.165) is 25.7 Å². The minimum absolute atomic E-state index is 0.0757. The number of amides is 1. The van der Waals surface area contributed by atoms with Gasteiger partial charge in [-0.15, -0.1) is 0 Å². The second-order valence-electron chi connectivity index (χ2n) is 8.33. The Hall–Kier alpha value is -1.56. The molecule has 0 aromatic heterocycles. The third kappa shape index (κ3) is 6.73. The average molecular weight is 450 g/mol. The Bertz CT molecular complexity index is 843. The molecule has 30 heavy (non-hydrogen) atoms. The molecule has 0 aliphatic carbocycles. The van der Waals surface area contributed by atoms with Crippen molar-refractivity contribution in [2.24, 2.45) is 5.92 Å². The Balaban J connectivity index is 2.15. The summed E-state index contributed by atoms with van der Waals surface area (Å²) in [6.45, 7) is 6.64. The van der Waals surface area contributed by atoms with Crippen molar-refractivity contribution in [3.8, 4) is 0 Å². The van der Waals surface area contributed by atoms with E-state index in [1.807, 2.05) is 6.07 Å². The number of carbonyl (C=O) groups excluding carboxylic acids is 1. The number of methoxy groups -OCH3 is 1. The van der Waals surface area contributed by atoms with E-state index >= 15 is 0 Å². The summed E-state index contributed by atoms with van der Waals surface area (Å²) in [5.74, 6) is -1.23. The molecule has 1 amide bonds. The van der Waals surface area contributed by atoms with Crippen molar-refractivity contribution in [3.05, 3.63) is 59.7 Å². The van der Waals surface area contributed by atoms with Gasteiger partial charge < -0.3 is 0 Å². The number of hydrogen-bond acceptors (Lipinski definition) is 2. The number of rotatable bonds is 10. The Morgan fingerprint density at radius 1 is 1.13 bits per heavy atom. The Labute approximate surface area is 190 Å². The fourth-order valence-corrected chi connectivity index (χ4v) is 3.62. The summed E-state index contributed by atoms with van der Waals surface area (Å²) in [6, 6.07) is 11.4. The molecular formula is C24H30F2NO2Ti. The van der Waals surface area contributed by atoms with Gasteiger partial charge in [-0.25, -0.2) is 0 Å². The van der Waals surface area contributed by atoms with Crippen molar-refractivity contribution in [2.75, 3.05) is 18.6 Å². The molecule has 161 valence electrons. The molecule has 3 nitrogen and oxygen atoms in total. The number of ether oxygens (including phenoxy) is 1. The third-order valence-electron chi connectivity index (χ3n) is 5.50. The van der Waals surface area contributed by atoms with Gasteiger partial charge in [-0.2, -0.15) is 0 Å². The number of nitrogens with zero attached hydrogens (tertiary/aromatic N) is 1. The van der Waals surface area contributed by atoms with E-state index in [0.29, 0.717) is 18.0 Å². The van der Waals surface area contributed by atoms with Gasteiger partial charge in [0.05, 0.1) is 0 Å². The van der Waals surface area contributed by atoms with Gasteiger partial charge in [-0.1, -0.05) is 0 Å². The molecule has 0 saturated heterocycles. The van der Waals surface area contributed by atoms with E-state index in [-0.39, 0.29) is 21.1 Å². The molecule has 2 aromatic carbocycles. The van der Waals surface area contributed by atoms with Crippen LogP contribution in [0.5, 0.6) is 0 Å². The Morgan fingerprint density at radius 3 is 2.43 bits per heavy atom. The first kappa shape index (κ1) is 24.7. The zero-order chi connectivity index (χ0) is 22.3. The van der Waals surface area contributed by atoms with Crippen LogP contribution < -0.4 is 8.77 Å². The molecule has 0 bridgehead atoms. The van der Waals surface area contributed by atoms with Crippen LogP contribution in [0, 0.1) is 17.6 Å². The predicted octanol–water partition coefficient (Wildman–Crippen LogP) is 5.41. The van der Waals surface area contributed by atoms with Gasteiger partial charge in [0.25, 0.3) is 0 Å². The molecule has 1 atom stereocenters. The van der Waals surface area contributed by atoms with E-state index in [4.69, 9.17) is 4.74 Å². The van der Waals surface area contributed by atoms with Crippen LogP contribution >= 0.6 is 0 Å². The summed E-state index contributed by atoms with van der Waals surface area (Å²) in [5, 5.41) is 0. The minimum atomic E-state index is -0.686. The number of benzene rings is 2. The molecule has 6 heteroatoms. The Kier molecular flexibility index (Phi) is 9.20. The fraction of sp³-hybridized carbons (Fsp3) is 0.458. The van der Waals surface area contributed by atoms with Gasteiger partial charge in [0, 0.05) is 7.11 Å². The van der Waals surface area contributed by atoms with Gasteiger partial charge in [0.2, 0.25) is 0 Å². The van der Waals surface area contributed by atoms with Crippen LogP contribution in [0.15, 0.2) is 42.5 Å². The SMILES string of the molecule is COC(C)(C)CCCC(C)CCN(C(=O)c1ccccc1)c1ccc(F)[c]([Ti])c1F. The molecular weight excluding hydrogens is 420 g/mol. The zero-order valence-corrected chi connectivity index (χ0v) is 19.7. The van der Waals surface area contributed by atoms with Gasteiger partial charge >= 0.3 is 183 Å². The molecule has 0 radical (unpaired) electrons. The van der Waals surface area contributed by atoms with Gasteiger partial charge in [-0.3, -0.25) is 0 Å². The summed E-state index contributed by atoms with van der Waals surface area (Å²) in [4.78, 5) is 14.6. The quantitative estimate of drug-likeness (QED) is 0.454. The third-order valence-corrected chi connectivity index (χ3v) is 6.22. The van der Waals surface area contributed by atoms with Crippen molar-refractivity contribution in [1.82, 2.24) is 0 Å². The number of halogens is 2. The summed E-state index contributed by atoms with van der Waals surface area (Å²) >= 11 is 1.39. The Morgan fingerprint density at radius 2 is 1.80 bits per heavy atom. The first-order valence-corrected chi connectivity index (χ1v) is 11.1. The summed E-state index contributed by atoms with van der Waals surface area (Å²) in [5.41, 5.74) is 0.452. The standard InChI is InChI=1S/C24H30F2NO2.Ti/c1-18(9-8-15-24(2,3)29-4)14-16-27(22-13-12-20(25)17-21(22)26)23(28)19-10-6-5-7-11-19;/h5-7,10-13,18H,8-9,14-16H2,1-4H3;. The second kappa shape index (κ2) is 11.2. The van der Waals surface area contributed by atoms with E-state index in [1.54, 1.807) is 31.4 Å². The van der Waals surface area contributed by atoms with E-state index in [1.165, 1.54) is 37.5 Å². The molecule has 0 spiro atoms. The van der Waals surface area contributed by atoms with Crippen molar-refractivity contribution >= 4 is 15.5 Å².